The predicted molar refractivity (Wildman–Crippen MR) is 312 cm³/mol. The first-order valence-corrected chi connectivity index (χ1v) is 36.9. The molecular weight excluding hydrogens is 1350 g/mol. The molecule has 0 aromatic carbocycles. The highest BCUT2D eigenvalue weighted by atomic mass is 79.9. The summed E-state index contributed by atoms with van der Waals surface area (Å²) >= 11 is 0. The van der Waals surface area contributed by atoms with Crippen molar-refractivity contribution >= 4 is 53.2 Å². The largest absolute Gasteiger partial charge is 1.00 e. The molecule has 0 aliphatic carbocycles. The van der Waals surface area contributed by atoms with Gasteiger partial charge < -0.3 is 144 Å². The Morgan fingerprint density at radius 3 is 0.765 bits per heavy atom. The summed E-state index contributed by atoms with van der Waals surface area (Å²) in [4.78, 5) is 41.2. The van der Waals surface area contributed by atoms with Gasteiger partial charge in [-0.1, -0.05) is 6.58 Å². The third-order valence-electron chi connectivity index (χ3n) is 10.7. The van der Waals surface area contributed by atoms with Crippen molar-refractivity contribution < 1.29 is 155 Å². The Morgan fingerprint density at radius 1 is 0.407 bits per heavy atom. The molecule has 0 fully saturated rings. The molecule has 0 aromatic rings. The molecule has 0 bridgehead atoms. The van der Waals surface area contributed by atoms with Gasteiger partial charge in [0.25, 0.3) is 0 Å². The van der Waals surface area contributed by atoms with E-state index in [0.29, 0.717) is 52.2 Å². The first kappa shape index (κ1) is 98.6. The highest BCUT2D eigenvalue weighted by Crippen LogP contribution is 2.49. The number of rotatable bonds is 42. The van der Waals surface area contributed by atoms with E-state index in [-0.39, 0.29) is 103 Å². The third kappa shape index (κ3) is 62.8. The van der Waals surface area contributed by atoms with Crippen molar-refractivity contribution in [3.63, 3.8) is 0 Å². The number of halogens is 2. The quantitative estimate of drug-likeness (QED) is 0.0253. The van der Waals surface area contributed by atoms with Gasteiger partial charge in [-0.25, -0.2) is 0 Å². The fourth-order valence-corrected chi connectivity index (χ4v) is 11.5. The molecule has 0 atom stereocenters. The maximum atomic E-state index is 12.2. The van der Waals surface area contributed by atoms with Crippen LogP contribution in [0.4, 0.5) is 0 Å². The molecule has 81 heavy (non-hydrogen) atoms. The number of hydrogen-bond acceptors (Lipinski definition) is 23. The van der Waals surface area contributed by atoms with Gasteiger partial charge in [-0.3, -0.25) is 32.0 Å². The minimum atomic E-state index is -4.09. The van der Waals surface area contributed by atoms with Crippen molar-refractivity contribution in [1.82, 2.24) is 14.7 Å². The van der Waals surface area contributed by atoms with E-state index in [0.717, 1.165) is 53.7 Å². The van der Waals surface area contributed by atoms with E-state index >= 15 is 0 Å². The summed E-state index contributed by atoms with van der Waals surface area (Å²) in [6, 6.07) is 0. The van der Waals surface area contributed by atoms with Crippen LogP contribution in [-0.4, -0.2) is 301 Å². The van der Waals surface area contributed by atoms with Gasteiger partial charge in [0.2, 0.25) is 0 Å². The topological polar surface area (TPSA) is 400 Å². The Hall–Kier alpha value is 1.39. The molecule has 0 rings (SSSR count). The minimum absolute atomic E-state index is 0. The van der Waals surface area contributed by atoms with Crippen LogP contribution in [0.3, 0.4) is 0 Å². The second-order valence-corrected chi connectivity index (χ2v) is 34.2. The molecule has 0 amide bonds. The van der Waals surface area contributed by atoms with Crippen LogP contribution in [0.1, 0.15) is 25.7 Å². The lowest BCUT2D eigenvalue weighted by Crippen LogP contribution is -3.00. The van der Waals surface area contributed by atoms with Crippen LogP contribution in [-0.2, 0) is 77.2 Å². The zero-order valence-corrected chi connectivity index (χ0v) is 60.5. The van der Waals surface area contributed by atoms with Gasteiger partial charge in [0.15, 0.2) is 0 Å². The lowest BCUT2D eigenvalue weighted by molar-refractivity contribution is -0.870. The van der Waals surface area contributed by atoms with Gasteiger partial charge in [0, 0.05) is 162 Å². The number of aliphatic hydroxyl groups excluding tert-OH is 2. The molecule has 0 saturated carbocycles. The first-order chi connectivity index (χ1) is 35.8. The molecule has 0 heterocycles. The number of hydrogen-bond donors (Lipinski definition) is 7. The Bertz CT molecular complexity index is 1730. The Morgan fingerprint density at radius 2 is 0.630 bits per heavy atom. The second kappa shape index (κ2) is 53.2. The van der Waals surface area contributed by atoms with Crippen molar-refractivity contribution in [2.45, 2.75) is 25.7 Å². The maximum Gasteiger partial charge on any atom is 0.353 e. The van der Waals surface area contributed by atoms with Crippen LogP contribution in [0.2, 0.25) is 0 Å². The molecule has 0 aliphatic heterocycles. The highest BCUT2D eigenvalue weighted by Gasteiger charge is 2.28. The minimum Gasteiger partial charge on any atom is -1.00 e. The fourth-order valence-electron chi connectivity index (χ4n) is 5.78. The molecule has 0 saturated heterocycles. The van der Waals surface area contributed by atoms with Crippen molar-refractivity contribution in [3.05, 3.63) is 12.4 Å². The molecule has 30 nitrogen and oxygen atoms in total. The summed E-state index contributed by atoms with van der Waals surface area (Å²) in [6.45, 7) is 10.2. The smallest absolute Gasteiger partial charge is 0.353 e. The average Bonchev–Trinajstić information content (AvgIpc) is 3.38. The zero-order chi connectivity index (χ0) is 62.0. The number of aliphatic hydroxyl groups is 2. The summed E-state index contributed by atoms with van der Waals surface area (Å²) in [5, 5.41) is 16.9. The molecule has 0 unspecified atom stereocenters. The third-order valence-corrected chi connectivity index (χ3v) is 21.2. The van der Waals surface area contributed by atoms with E-state index in [1.807, 2.05) is 26.0 Å². The summed E-state index contributed by atoms with van der Waals surface area (Å²) in [7, 11) is 2.70. The summed E-state index contributed by atoms with van der Waals surface area (Å²) in [6.07, 6.45) is 3.48. The van der Waals surface area contributed by atoms with Crippen LogP contribution in [0, 0.1) is 0 Å². The van der Waals surface area contributed by atoms with Crippen LogP contribution >= 0.6 is 53.2 Å². The van der Waals surface area contributed by atoms with E-state index in [4.69, 9.17) is 71.7 Å². The standard InChI is InChI=1S/C14H35N2O6P2.C11H27NO7P2.C10H26N2O6P2.C4H9O3P.C3H9NO.2BrH.H2O/c1-16(2,3)12-8-9-15(10-13-23(17,19-4)20-5)11-14-24(18,21-6)22-7;1-16-20(14,17-2)10-7-12(6-5-9-13)8-11-21(15,18-3)19-4;1-12(2,3)8-4-5-11(6-9-19(13,14)15)7-10-20(16,17)18;1-4-8(5,6-2)7-3;4-2-1-3-5;;;/h8-14H2,1-7H3;13H,5-11H2,1-4H3;4-10H2,1-3H3,(H3-,13,14,15,16,17,18);4H,1H2,2-3H3;5H,1-4H2;2*1H;1H2/q+1;;;;;;;/p-1. The van der Waals surface area contributed by atoms with E-state index in [2.05, 4.69) is 41.7 Å². The maximum absolute atomic E-state index is 12.2. The van der Waals surface area contributed by atoms with Crippen LogP contribution in [0.25, 0.3) is 0 Å². The Kier molecular flexibility index (Phi) is 64.8. The van der Waals surface area contributed by atoms with Gasteiger partial charge in [-0.05, 0) is 19.4 Å². The molecule has 500 valence electrons. The van der Waals surface area contributed by atoms with Crippen LogP contribution < -0.4 is 39.7 Å². The lowest BCUT2D eigenvalue weighted by atomic mass is 10.3. The lowest BCUT2D eigenvalue weighted by Gasteiger charge is -2.28. The summed E-state index contributed by atoms with van der Waals surface area (Å²) in [5.41, 5.74) is 4.98. The number of quaternary nitrogens is 2. The first-order valence-electron chi connectivity index (χ1n) is 24.8. The molecule has 0 radical (unpaired) electrons. The van der Waals surface area contributed by atoms with Crippen molar-refractivity contribution in [2.24, 2.45) is 5.73 Å². The van der Waals surface area contributed by atoms with Gasteiger partial charge in [0.1, 0.15) is 0 Å². The molecule has 39 heteroatoms. The van der Waals surface area contributed by atoms with Crippen molar-refractivity contribution in [2.75, 3.05) is 242 Å². The average molecular weight is 1460 g/mol. The summed E-state index contributed by atoms with van der Waals surface area (Å²) in [5.74, 6) is 1.16. The molecule has 0 spiro atoms. The van der Waals surface area contributed by atoms with E-state index in [9.17, 15) is 32.0 Å². The summed E-state index contributed by atoms with van der Waals surface area (Å²) < 4.78 is 131. The van der Waals surface area contributed by atoms with Crippen LogP contribution in [0.15, 0.2) is 12.4 Å². The van der Waals surface area contributed by atoms with Gasteiger partial charge in [-0.2, -0.15) is 0 Å². The van der Waals surface area contributed by atoms with E-state index in [1.54, 1.807) is 4.90 Å². The molecule has 0 aliphatic rings. The van der Waals surface area contributed by atoms with Crippen molar-refractivity contribution in [3.8, 4) is 0 Å². The number of nitrogens with zero attached hydrogens (tertiary/aromatic N) is 5. The normalized spacial score (nSPS) is 12.5. The highest BCUT2D eigenvalue weighted by molar-refractivity contribution is 7.57. The number of nitrogens with two attached hydrogens (primary N) is 1. The van der Waals surface area contributed by atoms with Crippen molar-refractivity contribution in [1.29, 1.82) is 0 Å². The monoisotopic (exact) mass is 1460 g/mol. The Balaban J connectivity index is -0.000000146. The van der Waals surface area contributed by atoms with Gasteiger partial charge in [-0.15, -0.1) is 0 Å². The predicted octanol–water partition coefficient (Wildman–Crippen LogP) is -2.13. The second-order valence-electron chi connectivity index (χ2n) is 18.9. The SMILES string of the molecule is C=CP(=O)(OC)OC.COP(=O)(CCN(CCCO)CCP(=O)(OC)OC)OC.COP(=O)(CCN(CCC[N+](C)(C)C)CCP(=O)(OC)OC)OC.C[N+](C)(C)CCCN(CCP(=O)(O)O)CCP(=O)(O)O.NCCCO.O.[Br-].[Br-]. The zero-order valence-electron chi connectivity index (χ0n) is 51.1. The Labute approximate surface area is 506 Å². The van der Waals surface area contributed by atoms with Gasteiger partial charge >= 0.3 is 53.2 Å². The fraction of sp³-hybridized carbons (Fsp3) is 0.952. The molecular formula is C42H109Br2N6O24P7. The van der Waals surface area contributed by atoms with Gasteiger partial charge in [0.05, 0.1) is 92.3 Å². The van der Waals surface area contributed by atoms with E-state index in [1.165, 1.54) is 71.1 Å². The molecule has 0 aromatic heterocycles. The van der Waals surface area contributed by atoms with E-state index < -0.39 is 53.2 Å². The molecule has 10 N–H and O–H groups in total. The van der Waals surface area contributed by atoms with Crippen LogP contribution in [0.5, 0.6) is 0 Å².